The van der Waals surface area contributed by atoms with E-state index >= 15 is 0 Å². The predicted molar refractivity (Wildman–Crippen MR) is 160 cm³/mol. The number of nitrogens with one attached hydrogen (secondary N) is 1. The molecule has 1 aliphatic heterocycles. The Morgan fingerprint density at radius 3 is 2.30 bits per heavy atom. The number of sulfonamides is 1. The molecular formula is C29H40N6O3S2. The smallest absolute Gasteiger partial charge is 0.243 e. The maximum absolute atomic E-state index is 13.2. The molecular weight excluding hydrogens is 544 g/mol. The monoisotopic (exact) mass is 584 g/mol. The average Bonchev–Trinajstić information content (AvgIpc) is 3.29. The number of rotatable bonds is 11. The van der Waals surface area contributed by atoms with E-state index in [4.69, 9.17) is 0 Å². The first-order valence-corrected chi connectivity index (χ1v) is 16.2. The molecule has 1 aromatic heterocycles. The summed E-state index contributed by atoms with van der Waals surface area (Å²) in [6.45, 7) is 7.98. The van der Waals surface area contributed by atoms with Crippen LogP contribution < -0.4 is 5.32 Å². The highest BCUT2D eigenvalue weighted by Crippen LogP contribution is 2.28. The van der Waals surface area contributed by atoms with E-state index in [1.165, 1.54) is 11.8 Å². The Kier molecular flexibility index (Phi) is 10.0. The van der Waals surface area contributed by atoms with Crippen LogP contribution in [0, 0.1) is 11.8 Å². The molecule has 11 heteroatoms. The summed E-state index contributed by atoms with van der Waals surface area (Å²) >= 11 is 1.34. The topological polar surface area (TPSA) is 100 Å². The van der Waals surface area contributed by atoms with Crippen LogP contribution in [0.25, 0.3) is 0 Å². The zero-order valence-electron chi connectivity index (χ0n) is 23.9. The Bertz CT molecular complexity index is 1370. The van der Waals surface area contributed by atoms with Gasteiger partial charge in [0, 0.05) is 18.8 Å². The third kappa shape index (κ3) is 7.31. The molecule has 9 nitrogen and oxygen atoms in total. The molecule has 40 heavy (non-hydrogen) atoms. The highest BCUT2D eigenvalue weighted by atomic mass is 32.2. The standard InChI is InChI=1S/C29H40N6O3S2/c1-6-26(33(4)5)28-31-32-29(35(28)19-23-10-8-7-9-11-23)39-20-27(36)30-24-12-14-25(15-13-24)40(37,38)34-17-21(2)16-22(3)18-34/h7-15,21-22,26H,6,16-20H2,1-5H3,(H,30,36). The normalized spacial score (nSPS) is 19.1. The van der Waals surface area contributed by atoms with Crippen LogP contribution in [-0.2, 0) is 21.4 Å². The Morgan fingerprint density at radius 2 is 1.70 bits per heavy atom. The number of hydrogen-bond donors (Lipinski definition) is 1. The maximum Gasteiger partial charge on any atom is 0.243 e. The van der Waals surface area contributed by atoms with Crippen LogP contribution in [0.5, 0.6) is 0 Å². The summed E-state index contributed by atoms with van der Waals surface area (Å²) in [5.41, 5.74) is 1.68. The number of thioether (sulfide) groups is 1. The zero-order valence-corrected chi connectivity index (χ0v) is 25.6. The van der Waals surface area contributed by atoms with Crippen molar-refractivity contribution in [1.29, 1.82) is 0 Å². The minimum Gasteiger partial charge on any atom is -0.325 e. The van der Waals surface area contributed by atoms with Crippen molar-refractivity contribution in [2.24, 2.45) is 11.8 Å². The first-order chi connectivity index (χ1) is 19.1. The van der Waals surface area contributed by atoms with E-state index in [1.807, 2.05) is 32.3 Å². The van der Waals surface area contributed by atoms with Gasteiger partial charge in [0.25, 0.3) is 0 Å². The third-order valence-electron chi connectivity index (χ3n) is 7.18. The Morgan fingerprint density at radius 1 is 1.05 bits per heavy atom. The third-order valence-corrected chi connectivity index (χ3v) is 9.99. The summed E-state index contributed by atoms with van der Waals surface area (Å²) in [6, 6.07) is 16.7. The molecule has 0 saturated carbocycles. The lowest BCUT2D eigenvalue weighted by atomic mass is 9.94. The Balaban J connectivity index is 1.42. The molecule has 1 saturated heterocycles. The first-order valence-electron chi connectivity index (χ1n) is 13.7. The Labute approximate surface area is 242 Å². The molecule has 4 rings (SSSR count). The van der Waals surface area contributed by atoms with Gasteiger partial charge in [-0.1, -0.05) is 62.9 Å². The van der Waals surface area contributed by atoms with Crippen molar-refractivity contribution in [1.82, 2.24) is 24.0 Å². The number of hydrogen-bond acceptors (Lipinski definition) is 7. The molecule has 3 atom stereocenters. The number of carbonyl (C=O) groups excluding carboxylic acids is 1. The number of anilines is 1. The highest BCUT2D eigenvalue weighted by Gasteiger charge is 2.31. The minimum atomic E-state index is -3.57. The summed E-state index contributed by atoms with van der Waals surface area (Å²) in [5, 5.41) is 12.5. The molecule has 1 fully saturated rings. The maximum atomic E-state index is 13.2. The molecule has 1 N–H and O–H groups in total. The second kappa shape index (κ2) is 13.3. The van der Waals surface area contributed by atoms with Crippen molar-refractivity contribution in [3.8, 4) is 0 Å². The van der Waals surface area contributed by atoms with E-state index in [0.29, 0.717) is 42.3 Å². The van der Waals surface area contributed by atoms with Crippen molar-refractivity contribution in [2.45, 2.75) is 56.3 Å². The molecule has 0 bridgehead atoms. The largest absolute Gasteiger partial charge is 0.325 e. The second-order valence-electron chi connectivity index (χ2n) is 10.9. The fourth-order valence-corrected chi connectivity index (χ4v) is 7.76. The van der Waals surface area contributed by atoms with Gasteiger partial charge in [0.05, 0.1) is 23.2 Å². The van der Waals surface area contributed by atoms with Crippen LogP contribution in [0.3, 0.4) is 0 Å². The van der Waals surface area contributed by atoms with Gasteiger partial charge in [-0.15, -0.1) is 10.2 Å². The molecule has 0 spiro atoms. The molecule has 2 aromatic carbocycles. The molecule has 216 valence electrons. The first kappa shape index (κ1) is 30.2. The van der Waals surface area contributed by atoms with E-state index in [2.05, 4.69) is 57.9 Å². The van der Waals surface area contributed by atoms with Gasteiger partial charge in [-0.3, -0.25) is 9.69 Å². The number of benzene rings is 2. The molecule has 1 aliphatic rings. The lowest BCUT2D eigenvalue weighted by Crippen LogP contribution is -2.42. The van der Waals surface area contributed by atoms with E-state index in [1.54, 1.807) is 28.6 Å². The fraction of sp³-hybridized carbons (Fsp3) is 0.483. The lowest BCUT2D eigenvalue weighted by molar-refractivity contribution is -0.113. The van der Waals surface area contributed by atoms with E-state index < -0.39 is 10.0 Å². The van der Waals surface area contributed by atoms with Gasteiger partial charge in [-0.05, 0) is 68.6 Å². The SMILES string of the molecule is CCC(c1nnc(SCC(=O)Nc2ccc(S(=O)(=O)N3CC(C)CC(C)C3)cc2)n1Cc1ccccc1)N(C)C. The molecule has 0 aliphatic carbocycles. The summed E-state index contributed by atoms with van der Waals surface area (Å²) in [4.78, 5) is 15.2. The molecule has 3 unspecified atom stereocenters. The van der Waals surface area contributed by atoms with Gasteiger partial charge in [-0.2, -0.15) is 4.31 Å². The van der Waals surface area contributed by atoms with Crippen LogP contribution in [0.4, 0.5) is 5.69 Å². The second-order valence-corrected chi connectivity index (χ2v) is 13.8. The Hall–Kier alpha value is -2.73. The molecule has 1 amide bonds. The summed E-state index contributed by atoms with van der Waals surface area (Å²) in [5.74, 6) is 1.48. The highest BCUT2D eigenvalue weighted by molar-refractivity contribution is 7.99. The van der Waals surface area contributed by atoms with Crippen LogP contribution in [0.2, 0.25) is 0 Å². The van der Waals surface area contributed by atoms with E-state index in [9.17, 15) is 13.2 Å². The van der Waals surface area contributed by atoms with Gasteiger partial charge in [0.15, 0.2) is 11.0 Å². The summed E-state index contributed by atoms with van der Waals surface area (Å²) < 4.78 is 30.0. The molecule has 3 aromatic rings. The minimum absolute atomic E-state index is 0.102. The molecule has 0 radical (unpaired) electrons. The number of aromatic nitrogens is 3. The quantitative estimate of drug-likeness (QED) is 0.325. The summed E-state index contributed by atoms with van der Waals surface area (Å²) in [7, 11) is 0.488. The van der Waals surface area contributed by atoms with Crippen LogP contribution in [0.1, 0.15) is 51.0 Å². The van der Waals surface area contributed by atoms with Crippen LogP contribution in [-0.4, -0.2) is 71.2 Å². The van der Waals surface area contributed by atoms with Crippen molar-refractivity contribution >= 4 is 33.4 Å². The zero-order chi connectivity index (χ0) is 28.9. The van der Waals surface area contributed by atoms with Gasteiger partial charge >= 0.3 is 0 Å². The number of piperidine rings is 1. The summed E-state index contributed by atoms with van der Waals surface area (Å²) in [6.07, 6.45) is 1.92. The average molecular weight is 585 g/mol. The predicted octanol–water partition coefficient (Wildman–Crippen LogP) is 4.74. The van der Waals surface area contributed by atoms with Crippen LogP contribution >= 0.6 is 11.8 Å². The van der Waals surface area contributed by atoms with Crippen molar-refractivity contribution in [3.05, 3.63) is 66.0 Å². The van der Waals surface area contributed by atoms with Gasteiger partial charge < -0.3 is 9.88 Å². The number of amides is 1. The van der Waals surface area contributed by atoms with Gasteiger partial charge in [0.1, 0.15) is 0 Å². The van der Waals surface area contributed by atoms with Crippen molar-refractivity contribution < 1.29 is 13.2 Å². The van der Waals surface area contributed by atoms with E-state index in [-0.39, 0.29) is 22.6 Å². The van der Waals surface area contributed by atoms with Gasteiger partial charge in [0.2, 0.25) is 15.9 Å². The number of nitrogens with zero attached hydrogens (tertiary/aromatic N) is 5. The van der Waals surface area contributed by atoms with E-state index in [0.717, 1.165) is 24.2 Å². The lowest BCUT2D eigenvalue weighted by Gasteiger charge is -2.34. The van der Waals surface area contributed by atoms with Crippen molar-refractivity contribution in [3.63, 3.8) is 0 Å². The fourth-order valence-electron chi connectivity index (χ4n) is 5.34. The van der Waals surface area contributed by atoms with Gasteiger partial charge in [-0.25, -0.2) is 8.42 Å². The molecule has 2 heterocycles. The van der Waals surface area contributed by atoms with Crippen LogP contribution in [0.15, 0.2) is 64.6 Å². The van der Waals surface area contributed by atoms with Crippen molar-refractivity contribution in [2.75, 3.05) is 38.3 Å². The number of carbonyl (C=O) groups is 1.